The van der Waals surface area contributed by atoms with Crippen molar-refractivity contribution in [2.75, 3.05) is 5.73 Å². The van der Waals surface area contributed by atoms with Crippen LogP contribution in [-0.4, -0.2) is 27.1 Å². The minimum atomic E-state index is -1.06. The fourth-order valence-corrected chi connectivity index (χ4v) is 2.08. The molecule has 0 saturated carbocycles. The SMILES string of the molecule is Cc1ccc(-c2nn(C(C)C(=O)O)c(N)c2C=O)cc1C. The van der Waals surface area contributed by atoms with E-state index in [0.29, 0.717) is 12.0 Å². The van der Waals surface area contributed by atoms with Gasteiger partial charge in [-0.1, -0.05) is 12.1 Å². The minimum Gasteiger partial charge on any atom is -0.480 e. The second kappa shape index (κ2) is 5.40. The van der Waals surface area contributed by atoms with Crippen LogP contribution < -0.4 is 5.73 Å². The van der Waals surface area contributed by atoms with Crippen LogP contribution in [0.4, 0.5) is 5.82 Å². The van der Waals surface area contributed by atoms with Gasteiger partial charge in [0.1, 0.15) is 17.6 Å². The van der Waals surface area contributed by atoms with Crippen molar-refractivity contribution in [3.8, 4) is 11.3 Å². The molecule has 6 nitrogen and oxygen atoms in total. The van der Waals surface area contributed by atoms with Gasteiger partial charge in [0.25, 0.3) is 0 Å². The maximum Gasteiger partial charge on any atom is 0.328 e. The number of anilines is 1. The molecule has 0 radical (unpaired) electrons. The first-order chi connectivity index (χ1) is 9.86. The summed E-state index contributed by atoms with van der Waals surface area (Å²) in [4.78, 5) is 22.4. The number of aromatic nitrogens is 2. The van der Waals surface area contributed by atoms with Crippen molar-refractivity contribution in [3.63, 3.8) is 0 Å². The van der Waals surface area contributed by atoms with E-state index in [1.54, 1.807) is 0 Å². The van der Waals surface area contributed by atoms with Crippen molar-refractivity contribution >= 4 is 18.1 Å². The van der Waals surface area contributed by atoms with E-state index in [4.69, 9.17) is 10.8 Å². The molecule has 1 unspecified atom stereocenters. The third-order valence-electron chi connectivity index (χ3n) is 3.61. The van der Waals surface area contributed by atoms with Crippen LogP contribution in [-0.2, 0) is 4.79 Å². The molecule has 2 aromatic rings. The molecule has 3 N–H and O–H groups in total. The lowest BCUT2D eigenvalue weighted by atomic mass is 10.0. The molecule has 1 aromatic heterocycles. The Bertz CT molecular complexity index is 719. The number of aliphatic carboxylic acids is 1. The maximum atomic E-state index is 11.3. The molecule has 110 valence electrons. The summed E-state index contributed by atoms with van der Waals surface area (Å²) in [5.41, 5.74) is 9.40. The number of benzene rings is 1. The number of hydrogen-bond acceptors (Lipinski definition) is 4. The number of carbonyl (C=O) groups excluding carboxylic acids is 1. The molecule has 0 aliphatic carbocycles. The van der Waals surface area contributed by atoms with E-state index in [1.165, 1.54) is 6.92 Å². The zero-order valence-electron chi connectivity index (χ0n) is 12.1. The van der Waals surface area contributed by atoms with Crippen LogP contribution in [0.5, 0.6) is 0 Å². The number of aldehydes is 1. The molecule has 0 bridgehead atoms. The first-order valence-corrected chi connectivity index (χ1v) is 6.50. The van der Waals surface area contributed by atoms with Gasteiger partial charge >= 0.3 is 5.97 Å². The van der Waals surface area contributed by atoms with Crippen molar-refractivity contribution in [1.29, 1.82) is 0 Å². The number of nitrogen functional groups attached to an aromatic ring is 1. The van der Waals surface area contributed by atoms with Gasteiger partial charge in [-0.15, -0.1) is 0 Å². The highest BCUT2D eigenvalue weighted by atomic mass is 16.4. The van der Waals surface area contributed by atoms with Crippen LogP contribution in [0.2, 0.25) is 0 Å². The van der Waals surface area contributed by atoms with Gasteiger partial charge < -0.3 is 10.8 Å². The lowest BCUT2D eigenvalue weighted by molar-refractivity contribution is -0.140. The van der Waals surface area contributed by atoms with Crippen molar-refractivity contribution in [3.05, 3.63) is 34.9 Å². The number of hydrogen-bond donors (Lipinski definition) is 2. The number of carboxylic acids is 1. The monoisotopic (exact) mass is 287 g/mol. The van der Waals surface area contributed by atoms with Crippen LogP contribution in [0.1, 0.15) is 34.5 Å². The maximum absolute atomic E-state index is 11.3. The van der Waals surface area contributed by atoms with Gasteiger partial charge in [-0.2, -0.15) is 5.10 Å². The van der Waals surface area contributed by atoms with Crippen molar-refractivity contribution in [2.24, 2.45) is 0 Å². The predicted octanol–water partition coefficient (Wildman–Crippen LogP) is 2.21. The zero-order valence-corrected chi connectivity index (χ0v) is 12.1. The number of carbonyl (C=O) groups is 2. The van der Waals surface area contributed by atoms with Crippen LogP contribution in [0.15, 0.2) is 18.2 Å². The van der Waals surface area contributed by atoms with Gasteiger partial charge in [0.2, 0.25) is 0 Å². The van der Waals surface area contributed by atoms with Crippen LogP contribution in [0.3, 0.4) is 0 Å². The molecule has 1 aromatic carbocycles. The number of nitrogens with zero attached hydrogens (tertiary/aromatic N) is 2. The summed E-state index contributed by atoms with van der Waals surface area (Å²) in [6, 6.07) is 4.73. The van der Waals surface area contributed by atoms with Gasteiger partial charge in [-0.25, -0.2) is 9.48 Å². The Morgan fingerprint density at radius 3 is 2.57 bits per heavy atom. The van der Waals surface area contributed by atoms with Gasteiger partial charge in [0, 0.05) is 5.56 Å². The molecular formula is C15H17N3O3. The van der Waals surface area contributed by atoms with Crippen LogP contribution in [0, 0.1) is 13.8 Å². The fraction of sp³-hybridized carbons (Fsp3) is 0.267. The topological polar surface area (TPSA) is 98.2 Å². The third-order valence-corrected chi connectivity index (χ3v) is 3.61. The fourth-order valence-electron chi connectivity index (χ4n) is 2.08. The summed E-state index contributed by atoms with van der Waals surface area (Å²) in [5, 5.41) is 13.3. The number of nitrogens with two attached hydrogens (primary N) is 1. The predicted molar refractivity (Wildman–Crippen MR) is 79.3 cm³/mol. The molecule has 0 aliphatic rings. The quantitative estimate of drug-likeness (QED) is 0.840. The standard InChI is InChI=1S/C15H17N3O3/c1-8-4-5-11(6-9(8)2)13-12(7-19)14(16)18(17-13)10(3)15(20)21/h4-7,10H,16H2,1-3H3,(H,20,21). The highest BCUT2D eigenvalue weighted by molar-refractivity contribution is 5.92. The molecule has 0 aliphatic heterocycles. The summed E-state index contributed by atoms with van der Waals surface area (Å²) in [5.74, 6) is -0.999. The highest BCUT2D eigenvalue weighted by Crippen LogP contribution is 2.29. The van der Waals surface area contributed by atoms with E-state index in [1.807, 2.05) is 32.0 Å². The normalized spacial score (nSPS) is 12.1. The molecule has 1 atom stereocenters. The first kappa shape index (κ1) is 14.8. The van der Waals surface area contributed by atoms with Crippen molar-refractivity contribution in [2.45, 2.75) is 26.8 Å². The second-order valence-electron chi connectivity index (χ2n) is 5.02. The summed E-state index contributed by atoms with van der Waals surface area (Å²) in [7, 11) is 0. The Hall–Kier alpha value is -2.63. The summed E-state index contributed by atoms with van der Waals surface area (Å²) in [6.45, 7) is 5.41. The average molecular weight is 287 g/mol. The smallest absolute Gasteiger partial charge is 0.328 e. The van der Waals surface area contributed by atoms with E-state index >= 15 is 0 Å². The highest BCUT2D eigenvalue weighted by Gasteiger charge is 2.23. The number of carboxylic acid groups (broad SMARTS) is 1. The van der Waals surface area contributed by atoms with Crippen molar-refractivity contribution < 1.29 is 14.7 Å². The van der Waals surface area contributed by atoms with Gasteiger partial charge in [-0.05, 0) is 38.0 Å². The lowest BCUT2D eigenvalue weighted by Gasteiger charge is -2.08. The van der Waals surface area contributed by atoms with Gasteiger partial charge in [0.05, 0.1) is 5.56 Å². The average Bonchev–Trinajstić information content (AvgIpc) is 2.77. The van der Waals surface area contributed by atoms with Crippen LogP contribution in [0.25, 0.3) is 11.3 Å². The Morgan fingerprint density at radius 1 is 1.38 bits per heavy atom. The Balaban J connectivity index is 2.63. The van der Waals surface area contributed by atoms with Gasteiger partial charge in [0.15, 0.2) is 6.29 Å². The molecule has 0 saturated heterocycles. The molecule has 0 amide bonds. The van der Waals surface area contributed by atoms with Crippen LogP contribution >= 0.6 is 0 Å². The third kappa shape index (κ3) is 2.52. The largest absolute Gasteiger partial charge is 0.480 e. The first-order valence-electron chi connectivity index (χ1n) is 6.50. The molecular weight excluding hydrogens is 270 g/mol. The lowest BCUT2D eigenvalue weighted by Crippen LogP contribution is -2.18. The Kier molecular flexibility index (Phi) is 3.80. The zero-order chi connectivity index (χ0) is 15.7. The molecule has 2 rings (SSSR count). The van der Waals surface area contributed by atoms with E-state index in [-0.39, 0.29) is 11.4 Å². The molecule has 1 heterocycles. The number of rotatable bonds is 4. The van der Waals surface area contributed by atoms with Gasteiger partial charge in [-0.3, -0.25) is 4.79 Å². The Morgan fingerprint density at radius 2 is 2.05 bits per heavy atom. The minimum absolute atomic E-state index is 0.0631. The summed E-state index contributed by atoms with van der Waals surface area (Å²) >= 11 is 0. The van der Waals surface area contributed by atoms with E-state index in [0.717, 1.165) is 21.4 Å². The molecule has 6 heteroatoms. The molecule has 21 heavy (non-hydrogen) atoms. The van der Waals surface area contributed by atoms with Crippen molar-refractivity contribution in [1.82, 2.24) is 9.78 Å². The van der Waals surface area contributed by atoms with E-state index in [2.05, 4.69) is 5.10 Å². The van der Waals surface area contributed by atoms with E-state index < -0.39 is 12.0 Å². The van der Waals surface area contributed by atoms with E-state index in [9.17, 15) is 9.59 Å². The second-order valence-corrected chi connectivity index (χ2v) is 5.02. The molecule has 0 spiro atoms. The Labute approximate surface area is 122 Å². The summed E-state index contributed by atoms with van der Waals surface area (Å²) in [6.07, 6.45) is 0.609. The summed E-state index contributed by atoms with van der Waals surface area (Å²) < 4.78 is 1.16. The molecule has 0 fully saturated rings. The number of aryl methyl sites for hydroxylation is 2.